The zero-order valence-corrected chi connectivity index (χ0v) is 14.3. The molecule has 0 radical (unpaired) electrons. The van der Waals surface area contributed by atoms with Crippen LogP contribution in [0.2, 0.25) is 0 Å². The van der Waals surface area contributed by atoms with E-state index in [2.05, 4.69) is 31.0 Å². The van der Waals surface area contributed by atoms with Gasteiger partial charge in [-0.3, -0.25) is 4.79 Å². The van der Waals surface area contributed by atoms with Gasteiger partial charge in [0.25, 0.3) is 0 Å². The summed E-state index contributed by atoms with van der Waals surface area (Å²) < 4.78 is 5.14. The molecule has 4 nitrogen and oxygen atoms in total. The van der Waals surface area contributed by atoms with Gasteiger partial charge in [-0.2, -0.15) is 0 Å². The van der Waals surface area contributed by atoms with E-state index >= 15 is 0 Å². The second kappa shape index (κ2) is 10.2. The van der Waals surface area contributed by atoms with Crippen molar-refractivity contribution in [3.05, 3.63) is 0 Å². The van der Waals surface area contributed by atoms with Gasteiger partial charge < -0.3 is 15.0 Å². The standard InChI is InChI=1S/C16H34N2O2/c1-7-12-18(14(3)4)13-10-9-11-16(5,17-6)15(19)20-8-2/h14,17H,7-13H2,1-6H3. The second-order valence-corrected chi connectivity index (χ2v) is 5.89. The van der Waals surface area contributed by atoms with E-state index in [1.807, 2.05) is 20.9 Å². The maximum atomic E-state index is 11.9. The largest absolute Gasteiger partial charge is 0.465 e. The molecule has 0 fully saturated rings. The third-order valence-corrected chi connectivity index (χ3v) is 3.89. The number of esters is 1. The van der Waals surface area contributed by atoms with Crippen molar-refractivity contribution in [3.63, 3.8) is 0 Å². The molecule has 0 bridgehead atoms. The van der Waals surface area contributed by atoms with Crippen LogP contribution in [0.4, 0.5) is 0 Å². The average molecular weight is 286 g/mol. The number of ether oxygens (including phenoxy) is 1. The summed E-state index contributed by atoms with van der Waals surface area (Å²) in [6, 6.07) is 0.593. The van der Waals surface area contributed by atoms with E-state index in [-0.39, 0.29) is 5.97 Å². The van der Waals surface area contributed by atoms with E-state index in [4.69, 9.17) is 4.74 Å². The molecule has 0 aromatic carbocycles. The minimum atomic E-state index is -0.552. The molecule has 0 aliphatic heterocycles. The first-order chi connectivity index (χ1) is 9.41. The molecule has 20 heavy (non-hydrogen) atoms. The van der Waals surface area contributed by atoms with Crippen LogP contribution in [-0.2, 0) is 9.53 Å². The van der Waals surface area contributed by atoms with E-state index in [1.165, 1.54) is 6.42 Å². The average Bonchev–Trinajstić information content (AvgIpc) is 2.41. The Labute approximate surface area is 125 Å². The molecule has 0 aliphatic carbocycles. The van der Waals surface area contributed by atoms with Gasteiger partial charge in [0.2, 0.25) is 0 Å². The van der Waals surface area contributed by atoms with Gasteiger partial charge in [0.15, 0.2) is 0 Å². The predicted molar refractivity (Wildman–Crippen MR) is 84.9 cm³/mol. The van der Waals surface area contributed by atoms with Crippen molar-refractivity contribution < 1.29 is 9.53 Å². The lowest BCUT2D eigenvalue weighted by molar-refractivity contribution is -0.150. The minimum absolute atomic E-state index is 0.142. The number of hydrogen-bond acceptors (Lipinski definition) is 4. The Morgan fingerprint density at radius 1 is 1.25 bits per heavy atom. The highest BCUT2D eigenvalue weighted by Gasteiger charge is 2.32. The zero-order chi connectivity index (χ0) is 15.6. The van der Waals surface area contributed by atoms with Crippen LogP contribution in [0, 0.1) is 0 Å². The molecule has 1 unspecified atom stereocenters. The van der Waals surface area contributed by atoms with Crippen LogP contribution in [0.25, 0.3) is 0 Å². The Bertz CT molecular complexity index is 269. The fraction of sp³-hybridized carbons (Fsp3) is 0.938. The lowest BCUT2D eigenvalue weighted by Gasteiger charge is -2.28. The van der Waals surface area contributed by atoms with Crippen molar-refractivity contribution in [3.8, 4) is 0 Å². The molecule has 0 aliphatic rings. The van der Waals surface area contributed by atoms with Crippen LogP contribution >= 0.6 is 0 Å². The first-order valence-corrected chi connectivity index (χ1v) is 8.01. The maximum Gasteiger partial charge on any atom is 0.326 e. The molecule has 0 aromatic rings. The van der Waals surface area contributed by atoms with Gasteiger partial charge in [0, 0.05) is 6.04 Å². The number of nitrogens with one attached hydrogen (secondary N) is 1. The molecule has 1 atom stereocenters. The number of carbonyl (C=O) groups is 1. The molecule has 0 aromatic heterocycles. The number of unbranched alkanes of at least 4 members (excludes halogenated alkanes) is 1. The molecule has 1 N–H and O–H groups in total. The maximum absolute atomic E-state index is 11.9. The van der Waals surface area contributed by atoms with Crippen molar-refractivity contribution in [2.24, 2.45) is 0 Å². The highest BCUT2D eigenvalue weighted by molar-refractivity contribution is 5.80. The van der Waals surface area contributed by atoms with Gasteiger partial charge in [0.1, 0.15) is 5.54 Å². The Balaban J connectivity index is 4.15. The van der Waals surface area contributed by atoms with Crippen LogP contribution < -0.4 is 5.32 Å². The monoisotopic (exact) mass is 286 g/mol. The third-order valence-electron chi connectivity index (χ3n) is 3.89. The fourth-order valence-corrected chi connectivity index (χ4v) is 2.33. The Morgan fingerprint density at radius 3 is 2.35 bits per heavy atom. The number of carbonyl (C=O) groups excluding carboxylic acids is 1. The molecule has 4 heteroatoms. The van der Waals surface area contributed by atoms with E-state index < -0.39 is 5.54 Å². The summed E-state index contributed by atoms with van der Waals surface area (Å²) in [5.74, 6) is -0.142. The minimum Gasteiger partial charge on any atom is -0.465 e. The van der Waals surface area contributed by atoms with Crippen molar-refractivity contribution in [1.29, 1.82) is 0 Å². The van der Waals surface area contributed by atoms with Gasteiger partial charge in [-0.15, -0.1) is 0 Å². The number of rotatable bonds is 11. The van der Waals surface area contributed by atoms with Crippen LogP contribution in [0.1, 0.15) is 60.3 Å². The summed E-state index contributed by atoms with van der Waals surface area (Å²) >= 11 is 0. The van der Waals surface area contributed by atoms with Gasteiger partial charge in [-0.1, -0.05) is 6.92 Å². The van der Waals surface area contributed by atoms with Crippen molar-refractivity contribution in [2.45, 2.75) is 71.9 Å². The summed E-state index contributed by atoms with van der Waals surface area (Å²) in [4.78, 5) is 14.4. The lowest BCUT2D eigenvalue weighted by Crippen LogP contribution is -2.48. The Kier molecular flexibility index (Phi) is 9.86. The molecule has 0 saturated heterocycles. The predicted octanol–water partition coefficient (Wildman–Crippen LogP) is 2.82. The third kappa shape index (κ3) is 6.71. The number of hydrogen-bond donors (Lipinski definition) is 1. The van der Waals surface area contributed by atoms with E-state index in [9.17, 15) is 4.79 Å². The Hall–Kier alpha value is -0.610. The molecule has 0 heterocycles. The van der Waals surface area contributed by atoms with Gasteiger partial charge >= 0.3 is 5.97 Å². The van der Waals surface area contributed by atoms with Gasteiger partial charge in [-0.05, 0) is 73.5 Å². The molecule has 0 saturated carbocycles. The first kappa shape index (κ1) is 19.4. The smallest absolute Gasteiger partial charge is 0.326 e. The number of likely N-dealkylation sites (N-methyl/N-ethyl adjacent to an activating group) is 1. The highest BCUT2D eigenvalue weighted by atomic mass is 16.5. The Morgan fingerprint density at radius 2 is 1.90 bits per heavy atom. The first-order valence-electron chi connectivity index (χ1n) is 8.01. The zero-order valence-electron chi connectivity index (χ0n) is 14.3. The topological polar surface area (TPSA) is 41.6 Å². The van der Waals surface area contributed by atoms with E-state index in [1.54, 1.807) is 0 Å². The summed E-state index contributed by atoms with van der Waals surface area (Å²) in [5.41, 5.74) is -0.552. The highest BCUT2D eigenvalue weighted by Crippen LogP contribution is 2.16. The lowest BCUT2D eigenvalue weighted by atomic mass is 9.95. The van der Waals surface area contributed by atoms with Crippen molar-refractivity contribution in [2.75, 3.05) is 26.7 Å². The molecule has 120 valence electrons. The fourth-order valence-electron chi connectivity index (χ4n) is 2.33. The van der Waals surface area contributed by atoms with Crippen LogP contribution in [-0.4, -0.2) is 49.2 Å². The van der Waals surface area contributed by atoms with Gasteiger partial charge in [0.05, 0.1) is 6.61 Å². The molecular formula is C16H34N2O2. The molecular weight excluding hydrogens is 252 g/mol. The normalized spacial score (nSPS) is 14.6. The molecule has 0 spiro atoms. The quantitative estimate of drug-likeness (QED) is 0.468. The SMILES string of the molecule is CCCN(CCCCC(C)(NC)C(=O)OCC)C(C)C. The summed E-state index contributed by atoms with van der Waals surface area (Å²) in [7, 11) is 1.83. The van der Waals surface area contributed by atoms with Crippen molar-refractivity contribution in [1.82, 2.24) is 10.2 Å². The van der Waals surface area contributed by atoms with Crippen LogP contribution in [0.15, 0.2) is 0 Å². The van der Waals surface area contributed by atoms with E-state index in [0.717, 1.165) is 32.4 Å². The number of nitrogens with zero attached hydrogens (tertiary/aromatic N) is 1. The summed E-state index contributed by atoms with van der Waals surface area (Å²) in [5, 5.41) is 3.11. The van der Waals surface area contributed by atoms with Gasteiger partial charge in [-0.25, -0.2) is 0 Å². The summed E-state index contributed by atoms with van der Waals surface area (Å²) in [6.07, 6.45) is 4.16. The molecule has 0 amide bonds. The molecule has 0 rings (SSSR count). The second-order valence-electron chi connectivity index (χ2n) is 5.89. The van der Waals surface area contributed by atoms with E-state index in [0.29, 0.717) is 12.6 Å². The van der Waals surface area contributed by atoms with Crippen LogP contribution in [0.5, 0.6) is 0 Å². The van der Waals surface area contributed by atoms with Crippen molar-refractivity contribution >= 4 is 5.97 Å². The summed E-state index contributed by atoms with van der Waals surface area (Å²) in [6.45, 7) is 13.2. The van der Waals surface area contributed by atoms with Crippen LogP contribution in [0.3, 0.4) is 0 Å².